The molecule has 126 valence electrons. The van der Waals surface area contributed by atoms with Crippen LogP contribution in [0.15, 0.2) is 26.9 Å². The lowest BCUT2D eigenvalue weighted by Crippen LogP contribution is -2.44. The number of hydrogen-bond acceptors (Lipinski definition) is 5. The van der Waals surface area contributed by atoms with Gasteiger partial charge in [-0.05, 0) is 51.0 Å². The Labute approximate surface area is 141 Å². The van der Waals surface area contributed by atoms with Crippen LogP contribution < -0.4 is 0 Å². The lowest BCUT2D eigenvalue weighted by atomic mass is 10.0. The fraction of sp³-hybridized carbons (Fsp3) is 0.562. The highest BCUT2D eigenvalue weighted by atomic mass is 32.2. The van der Waals surface area contributed by atoms with E-state index in [1.807, 2.05) is 6.07 Å². The second-order valence-electron chi connectivity index (χ2n) is 6.04. The average molecular weight is 354 g/mol. The molecule has 1 saturated heterocycles. The fourth-order valence-corrected chi connectivity index (χ4v) is 6.05. The number of piperidine rings is 1. The Hall–Kier alpha value is -1.18. The van der Waals surface area contributed by atoms with Gasteiger partial charge in [0, 0.05) is 17.5 Å². The number of hydrogen-bond donors (Lipinski definition) is 0. The van der Waals surface area contributed by atoms with Crippen LogP contribution in [0.4, 0.5) is 0 Å². The van der Waals surface area contributed by atoms with Gasteiger partial charge in [0.1, 0.15) is 10.6 Å². The number of aryl methyl sites for hydroxylation is 3. The van der Waals surface area contributed by atoms with E-state index in [0.717, 1.165) is 32.1 Å². The highest BCUT2D eigenvalue weighted by Crippen LogP contribution is 2.31. The van der Waals surface area contributed by atoms with Gasteiger partial charge in [0.15, 0.2) is 5.76 Å². The molecule has 1 atom stereocenters. The van der Waals surface area contributed by atoms with Crippen molar-refractivity contribution in [2.24, 2.45) is 0 Å². The molecule has 7 heteroatoms. The van der Waals surface area contributed by atoms with E-state index >= 15 is 0 Å². The summed E-state index contributed by atoms with van der Waals surface area (Å²) in [6.07, 6.45) is 4.72. The van der Waals surface area contributed by atoms with Gasteiger partial charge in [0.2, 0.25) is 10.0 Å². The maximum atomic E-state index is 13.1. The Morgan fingerprint density at radius 3 is 2.87 bits per heavy atom. The van der Waals surface area contributed by atoms with E-state index in [4.69, 9.17) is 4.52 Å². The first-order valence-corrected chi connectivity index (χ1v) is 10.3. The largest absolute Gasteiger partial charge is 0.360 e. The SMILES string of the molecule is Cc1noc(C)c1S(=O)(=O)N1CCCCC1CCc1cccs1. The van der Waals surface area contributed by atoms with Crippen molar-refractivity contribution >= 4 is 21.4 Å². The van der Waals surface area contributed by atoms with Crippen LogP contribution in [0, 0.1) is 13.8 Å². The summed E-state index contributed by atoms with van der Waals surface area (Å²) >= 11 is 1.73. The summed E-state index contributed by atoms with van der Waals surface area (Å²) in [6, 6.07) is 4.21. The van der Waals surface area contributed by atoms with Crippen LogP contribution in [-0.2, 0) is 16.4 Å². The molecule has 1 fully saturated rings. The van der Waals surface area contributed by atoms with Gasteiger partial charge in [-0.1, -0.05) is 17.6 Å². The maximum absolute atomic E-state index is 13.1. The predicted octanol–water partition coefficient (Wildman–Crippen LogP) is 3.53. The summed E-state index contributed by atoms with van der Waals surface area (Å²) in [5, 5.41) is 5.87. The Bertz CT molecular complexity index is 731. The Balaban J connectivity index is 1.83. The molecular weight excluding hydrogens is 332 g/mol. The van der Waals surface area contributed by atoms with Crippen molar-refractivity contribution in [3.8, 4) is 0 Å². The first-order valence-electron chi connectivity index (χ1n) is 7.97. The maximum Gasteiger partial charge on any atom is 0.248 e. The molecule has 0 aliphatic carbocycles. The normalized spacial score (nSPS) is 20.0. The number of nitrogens with zero attached hydrogens (tertiary/aromatic N) is 2. The van der Waals surface area contributed by atoms with Crippen LogP contribution in [0.25, 0.3) is 0 Å². The zero-order chi connectivity index (χ0) is 16.4. The zero-order valence-electron chi connectivity index (χ0n) is 13.5. The fourth-order valence-electron chi connectivity index (χ4n) is 3.30. The molecule has 0 aromatic carbocycles. The van der Waals surface area contributed by atoms with Crippen LogP contribution in [0.3, 0.4) is 0 Å². The summed E-state index contributed by atoms with van der Waals surface area (Å²) < 4.78 is 32.9. The molecule has 3 heterocycles. The van der Waals surface area contributed by atoms with Crippen LogP contribution in [0.1, 0.15) is 42.0 Å². The van der Waals surface area contributed by atoms with Gasteiger partial charge in [-0.15, -0.1) is 11.3 Å². The molecule has 0 bridgehead atoms. The summed E-state index contributed by atoms with van der Waals surface area (Å²) in [4.78, 5) is 1.56. The molecule has 0 N–H and O–H groups in total. The molecule has 0 saturated carbocycles. The molecule has 1 aliphatic heterocycles. The monoisotopic (exact) mass is 354 g/mol. The lowest BCUT2D eigenvalue weighted by Gasteiger charge is -2.34. The van der Waals surface area contributed by atoms with Gasteiger partial charge < -0.3 is 4.52 Å². The van der Waals surface area contributed by atoms with Crippen molar-refractivity contribution in [1.29, 1.82) is 0 Å². The number of rotatable bonds is 5. The molecule has 0 radical (unpaired) electrons. The van der Waals surface area contributed by atoms with Crippen LogP contribution in [0.5, 0.6) is 0 Å². The molecule has 5 nitrogen and oxygen atoms in total. The Morgan fingerprint density at radius 1 is 1.39 bits per heavy atom. The highest BCUT2D eigenvalue weighted by Gasteiger charge is 2.36. The Kier molecular flexibility index (Phi) is 4.89. The van der Waals surface area contributed by atoms with Gasteiger partial charge in [0.25, 0.3) is 0 Å². The van der Waals surface area contributed by atoms with E-state index in [-0.39, 0.29) is 10.9 Å². The van der Waals surface area contributed by atoms with Gasteiger partial charge in [-0.3, -0.25) is 0 Å². The average Bonchev–Trinajstić information content (AvgIpc) is 3.15. The van der Waals surface area contributed by atoms with Crippen molar-refractivity contribution in [3.05, 3.63) is 33.8 Å². The molecule has 2 aromatic rings. The van der Waals surface area contributed by atoms with Crippen molar-refractivity contribution in [1.82, 2.24) is 9.46 Å². The molecule has 0 spiro atoms. The van der Waals surface area contributed by atoms with Crippen molar-refractivity contribution in [2.45, 2.75) is 56.9 Å². The summed E-state index contributed by atoms with van der Waals surface area (Å²) in [5.41, 5.74) is 0.449. The van der Waals surface area contributed by atoms with Crippen molar-refractivity contribution in [2.75, 3.05) is 6.54 Å². The minimum absolute atomic E-state index is 0.0598. The molecule has 23 heavy (non-hydrogen) atoms. The van der Waals surface area contributed by atoms with E-state index in [1.54, 1.807) is 29.5 Å². The molecular formula is C16H22N2O3S2. The molecule has 1 unspecified atom stereocenters. The van der Waals surface area contributed by atoms with Gasteiger partial charge in [-0.25, -0.2) is 8.42 Å². The first kappa shape index (κ1) is 16.7. The van der Waals surface area contributed by atoms with Crippen molar-refractivity contribution < 1.29 is 12.9 Å². The third-order valence-corrected chi connectivity index (χ3v) is 7.54. The molecule has 0 amide bonds. The highest BCUT2D eigenvalue weighted by molar-refractivity contribution is 7.89. The number of aromatic nitrogens is 1. The van der Waals surface area contributed by atoms with E-state index in [1.165, 1.54) is 4.88 Å². The van der Waals surface area contributed by atoms with E-state index in [2.05, 4.69) is 16.6 Å². The quantitative estimate of drug-likeness (QED) is 0.824. The minimum atomic E-state index is -3.54. The van der Waals surface area contributed by atoms with Crippen LogP contribution >= 0.6 is 11.3 Å². The third kappa shape index (κ3) is 3.36. The zero-order valence-corrected chi connectivity index (χ0v) is 15.1. The standard InChI is InChI=1S/C16H22N2O3S2/c1-12-16(13(2)21-17-12)23(19,20)18-10-4-3-6-14(18)8-9-15-7-5-11-22-15/h5,7,11,14H,3-4,6,8-10H2,1-2H3. The summed E-state index contributed by atoms with van der Waals surface area (Å²) in [7, 11) is -3.54. The lowest BCUT2D eigenvalue weighted by molar-refractivity contribution is 0.241. The number of sulfonamides is 1. The molecule has 1 aliphatic rings. The second kappa shape index (κ2) is 6.75. The van der Waals surface area contributed by atoms with E-state index < -0.39 is 10.0 Å². The van der Waals surface area contributed by atoms with Gasteiger partial charge in [-0.2, -0.15) is 4.31 Å². The minimum Gasteiger partial charge on any atom is -0.360 e. The van der Waals surface area contributed by atoms with Crippen molar-refractivity contribution in [3.63, 3.8) is 0 Å². The third-order valence-electron chi connectivity index (χ3n) is 4.41. The number of thiophene rings is 1. The Morgan fingerprint density at radius 2 is 2.22 bits per heavy atom. The van der Waals surface area contributed by atoms with Crippen LogP contribution in [-0.4, -0.2) is 30.5 Å². The van der Waals surface area contributed by atoms with Gasteiger partial charge >= 0.3 is 0 Å². The van der Waals surface area contributed by atoms with E-state index in [0.29, 0.717) is 18.0 Å². The first-order chi connectivity index (χ1) is 11.0. The topological polar surface area (TPSA) is 63.4 Å². The predicted molar refractivity (Wildman–Crippen MR) is 90.1 cm³/mol. The second-order valence-corrected chi connectivity index (χ2v) is 8.90. The smallest absolute Gasteiger partial charge is 0.248 e. The molecule has 2 aromatic heterocycles. The van der Waals surface area contributed by atoms with E-state index in [9.17, 15) is 8.42 Å². The summed E-state index contributed by atoms with van der Waals surface area (Å²) in [5.74, 6) is 0.380. The molecule has 3 rings (SSSR count). The summed E-state index contributed by atoms with van der Waals surface area (Å²) in [6.45, 7) is 3.94. The van der Waals surface area contributed by atoms with Gasteiger partial charge in [0.05, 0.1) is 0 Å². The van der Waals surface area contributed by atoms with Crippen LogP contribution in [0.2, 0.25) is 0 Å².